The molecule has 1 atom stereocenters. The van der Waals surface area contributed by atoms with E-state index in [0.717, 1.165) is 19.6 Å². The molecule has 0 saturated heterocycles. The first-order chi connectivity index (χ1) is 10.6. The number of ether oxygens (including phenoxy) is 2. The normalized spacial score (nSPS) is 15.0. The fourth-order valence-corrected chi connectivity index (χ4v) is 3.87. The fraction of sp³-hybridized carbons (Fsp3) is 1.00. The second-order valence-electron chi connectivity index (χ2n) is 6.71. The van der Waals surface area contributed by atoms with E-state index < -0.39 is 5.79 Å². The van der Waals surface area contributed by atoms with E-state index in [2.05, 4.69) is 41.5 Å². The quantitative estimate of drug-likeness (QED) is 0.247. The van der Waals surface area contributed by atoms with E-state index in [-0.39, 0.29) is 5.41 Å². The Balaban J connectivity index is 4.80. The van der Waals surface area contributed by atoms with Crippen LogP contribution in [0.2, 0.25) is 0 Å². The Morgan fingerprint density at radius 2 is 1.18 bits per heavy atom. The van der Waals surface area contributed by atoms with E-state index in [1.165, 1.54) is 57.8 Å². The smallest absolute Gasteiger partial charge is 0.170 e. The van der Waals surface area contributed by atoms with E-state index in [4.69, 9.17) is 9.47 Å². The van der Waals surface area contributed by atoms with Gasteiger partial charge in [0.15, 0.2) is 5.79 Å². The summed E-state index contributed by atoms with van der Waals surface area (Å²) in [6, 6.07) is 0. The van der Waals surface area contributed by atoms with Crippen molar-refractivity contribution < 1.29 is 9.47 Å². The van der Waals surface area contributed by atoms with Crippen molar-refractivity contribution in [2.24, 2.45) is 5.41 Å². The van der Waals surface area contributed by atoms with E-state index in [1.807, 2.05) is 0 Å². The van der Waals surface area contributed by atoms with Crippen LogP contribution in [0.4, 0.5) is 0 Å². The molecule has 0 N–H and O–H groups in total. The monoisotopic (exact) mass is 314 g/mol. The van der Waals surface area contributed by atoms with Crippen molar-refractivity contribution in [3.8, 4) is 0 Å². The minimum Gasteiger partial charge on any atom is -0.350 e. The van der Waals surface area contributed by atoms with Crippen molar-refractivity contribution in [3.05, 3.63) is 0 Å². The molecule has 134 valence electrons. The van der Waals surface area contributed by atoms with Gasteiger partial charge in [0.2, 0.25) is 0 Å². The van der Waals surface area contributed by atoms with Gasteiger partial charge >= 0.3 is 0 Å². The molecule has 0 aromatic heterocycles. The van der Waals surface area contributed by atoms with Gasteiger partial charge in [-0.2, -0.15) is 0 Å². The highest BCUT2D eigenvalue weighted by Crippen LogP contribution is 2.47. The minimum absolute atomic E-state index is 0.151. The van der Waals surface area contributed by atoms with Crippen LogP contribution in [-0.2, 0) is 9.47 Å². The lowest BCUT2D eigenvalue weighted by atomic mass is 9.70. The van der Waals surface area contributed by atoms with Gasteiger partial charge in [0.1, 0.15) is 0 Å². The highest BCUT2D eigenvalue weighted by molar-refractivity contribution is 4.90. The maximum absolute atomic E-state index is 6.15. The van der Waals surface area contributed by atoms with Crippen LogP contribution in [0.1, 0.15) is 106 Å². The van der Waals surface area contributed by atoms with E-state index in [1.54, 1.807) is 0 Å². The zero-order valence-corrected chi connectivity index (χ0v) is 16.3. The zero-order valence-electron chi connectivity index (χ0n) is 16.3. The minimum atomic E-state index is -0.440. The van der Waals surface area contributed by atoms with Crippen LogP contribution in [-0.4, -0.2) is 19.0 Å². The molecular formula is C20H42O2. The largest absolute Gasteiger partial charge is 0.350 e. The molecule has 0 aromatic carbocycles. The summed E-state index contributed by atoms with van der Waals surface area (Å²) in [4.78, 5) is 0. The van der Waals surface area contributed by atoms with Crippen LogP contribution >= 0.6 is 0 Å². The molecule has 22 heavy (non-hydrogen) atoms. The number of hydrogen-bond acceptors (Lipinski definition) is 2. The van der Waals surface area contributed by atoms with Crippen molar-refractivity contribution in [1.82, 2.24) is 0 Å². The Labute approximate surface area is 140 Å². The molecular weight excluding hydrogens is 272 g/mol. The Hall–Kier alpha value is -0.0800. The zero-order chi connectivity index (χ0) is 16.9. The van der Waals surface area contributed by atoms with Gasteiger partial charge in [0, 0.05) is 18.6 Å². The van der Waals surface area contributed by atoms with Crippen molar-refractivity contribution in [2.45, 2.75) is 112 Å². The second-order valence-corrected chi connectivity index (χ2v) is 6.71. The fourth-order valence-electron chi connectivity index (χ4n) is 3.87. The number of hydrogen-bond donors (Lipinski definition) is 0. The summed E-state index contributed by atoms with van der Waals surface area (Å²) < 4.78 is 12.3. The summed E-state index contributed by atoms with van der Waals surface area (Å²) in [5.74, 6) is -0.440. The first-order valence-electron chi connectivity index (χ1n) is 9.83. The van der Waals surface area contributed by atoms with Crippen LogP contribution in [0.5, 0.6) is 0 Å². The molecule has 0 spiro atoms. The lowest BCUT2D eigenvalue weighted by Gasteiger charge is -2.48. The number of unbranched alkanes of at least 4 members (excludes halogenated alkanes) is 5. The van der Waals surface area contributed by atoms with Crippen molar-refractivity contribution in [3.63, 3.8) is 0 Å². The van der Waals surface area contributed by atoms with Crippen LogP contribution < -0.4 is 0 Å². The molecule has 2 nitrogen and oxygen atoms in total. The summed E-state index contributed by atoms with van der Waals surface area (Å²) >= 11 is 0. The van der Waals surface area contributed by atoms with Gasteiger partial charge < -0.3 is 9.47 Å². The Morgan fingerprint density at radius 3 is 1.64 bits per heavy atom. The Morgan fingerprint density at radius 1 is 0.636 bits per heavy atom. The molecule has 0 fully saturated rings. The Bertz CT molecular complexity index is 246. The van der Waals surface area contributed by atoms with E-state index in [0.29, 0.717) is 0 Å². The SMILES string of the molecule is CCCCCCCCC(CC)(CCC)C(C)(OCC)OCC. The van der Waals surface area contributed by atoms with Gasteiger partial charge in [-0.05, 0) is 40.0 Å². The molecule has 0 aliphatic rings. The topological polar surface area (TPSA) is 18.5 Å². The summed E-state index contributed by atoms with van der Waals surface area (Å²) in [5, 5.41) is 0. The maximum Gasteiger partial charge on any atom is 0.170 e. The number of rotatable bonds is 15. The molecule has 1 unspecified atom stereocenters. The van der Waals surface area contributed by atoms with Crippen LogP contribution in [0, 0.1) is 5.41 Å². The van der Waals surface area contributed by atoms with Crippen molar-refractivity contribution in [2.75, 3.05) is 13.2 Å². The van der Waals surface area contributed by atoms with E-state index >= 15 is 0 Å². The average molecular weight is 315 g/mol. The first-order valence-corrected chi connectivity index (χ1v) is 9.83. The van der Waals surface area contributed by atoms with Crippen LogP contribution in [0.3, 0.4) is 0 Å². The molecule has 0 aromatic rings. The third-order valence-corrected chi connectivity index (χ3v) is 5.22. The summed E-state index contributed by atoms with van der Waals surface area (Å²) in [7, 11) is 0. The molecule has 0 bridgehead atoms. The molecule has 0 amide bonds. The molecule has 2 heteroatoms. The molecule has 0 rings (SSSR count). The molecule has 0 aliphatic carbocycles. The molecule has 0 aliphatic heterocycles. The third-order valence-electron chi connectivity index (χ3n) is 5.22. The van der Waals surface area contributed by atoms with E-state index in [9.17, 15) is 0 Å². The van der Waals surface area contributed by atoms with Gasteiger partial charge in [0.05, 0.1) is 0 Å². The predicted molar refractivity (Wildman–Crippen MR) is 97.3 cm³/mol. The summed E-state index contributed by atoms with van der Waals surface area (Å²) in [5.41, 5.74) is 0.151. The highest BCUT2D eigenvalue weighted by Gasteiger charge is 2.47. The van der Waals surface area contributed by atoms with Crippen LogP contribution in [0.25, 0.3) is 0 Å². The molecule has 0 radical (unpaired) electrons. The van der Waals surface area contributed by atoms with Gasteiger partial charge in [-0.25, -0.2) is 0 Å². The first kappa shape index (κ1) is 21.9. The van der Waals surface area contributed by atoms with Gasteiger partial charge in [0.25, 0.3) is 0 Å². The Kier molecular flexibility index (Phi) is 12.3. The average Bonchev–Trinajstić information content (AvgIpc) is 2.50. The van der Waals surface area contributed by atoms with Crippen LogP contribution in [0.15, 0.2) is 0 Å². The maximum atomic E-state index is 6.15. The second kappa shape index (κ2) is 12.4. The van der Waals surface area contributed by atoms with Crippen molar-refractivity contribution in [1.29, 1.82) is 0 Å². The highest BCUT2D eigenvalue weighted by atomic mass is 16.7. The lowest BCUT2D eigenvalue weighted by molar-refractivity contribution is -0.291. The predicted octanol–water partition coefficient (Wildman–Crippen LogP) is 6.72. The summed E-state index contributed by atoms with van der Waals surface area (Å²) in [6.45, 7) is 14.6. The van der Waals surface area contributed by atoms with Crippen molar-refractivity contribution >= 4 is 0 Å². The standard InChI is InChI=1S/C20H42O2/c1-7-12-13-14-15-16-18-20(9-3,17-8-2)19(6,21-10-4)22-11-5/h7-18H2,1-6H3. The lowest BCUT2D eigenvalue weighted by Crippen LogP contribution is -2.50. The third kappa shape index (κ3) is 6.58. The van der Waals surface area contributed by atoms with Gasteiger partial charge in [-0.3, -0.25) is 0 Å². The molecule has 0 saturated carbocycles. The van der Waals surface area contributed by atoms with Gasteiger partial charge in [-0.15, -0.1) is 0 Å². The molecule has 0 heterocycles. The van der Waals surface area contributed by atoms with Gasteiger partial charge in [-0.1, -0.05) is 65.7 Å². The summed E-state index contributed by atoms with van der Waals surface area (Å²) in [6.07, 6.45) is 12.8.